The molecule has 1 aliphatic carbocycles. The molecule has 0 saturated carbocycles. The molecule has 2 atom stereocenters. The number of carbonyl (C=O) groups excluding carboxylic acids is 3. The normalized spacial score (nSPS) is 26.6. The number of fused-ring (bicyclic) bond motifs is 1. The van der Waals surface area contributed by atoms with Crippen LogP contribution in [0.5, 0.6) is 0 Å². The minimum absolute atomic E-state index is 0.0793. The van der Waals surface area contributed by atoms with Crippen molar-refractivity contribution < 1.29 is 36.7 Å². The lowest BCUT2D eigenvalue weighted by atomic mass is 9.89. The van der Waals surface area contributed by atoms with Crippen molar-refractivity contribution in [1.82, 2.24) is 10.0 Å². The van der Waals surface area contributed by atoms with Gasteiger partial charge in [0, 0.05) is 6.42 Å². The first kappa shape index (κ1) is 19.3. The first-order valence-electron chi connectivity index (χ1n) is 8.70. The van der Waals surface area contributed by atoms with E-state index >= 15 is 4.39 Å². The van der Waals surface area contributed by atoms with Crippen molar-refractivity contribution >= 4 is 17.7 Å². The average molecular weight is 410 g/mol. The van der Waals surface area contributed by atoms with Gasteiger partial charge in [0.25, 0.3) is 11.8 Å². The number of nitrogens with zero attached hydrogens (tertiary/aromatic N) is 2. The van der Waals surface area contributed by atoms with E-state index in [4.69, 9.17) is 0 Å². The van der Waals surface area contributed by atoms with Crippen molar-refractivity contribution in [2.75, 3.05) is 6.61 Å². The third-order valence-electron chi connectivity index (χ3n) is 5.03. The molecule has 1 spiro atoms. The van der Waals surface area contributed by atoms with Gasteiger partial charge in [-0.05, 0) is 24.6 Å². The number of hydrazine groups is 1. The van der Waals surface area contributed by atoms with Gasteiger partial charge < -0.3 is 4.74 Å². The summed E-state index contributed by atoms with van der Waals surface area (Å²) in [6.07, 6.45) is -2.92. The van der Waals surface area contributed by atoms with E-state index in [1.54, 1.807) is 12.1 Å². The molecule has 3 aliphatic rings. The number of alkyl halides is 3. The zero-order chi connectivity index (χ0) is 21.0. The topological polar surface area (TPSA) is 66.9 Å². The van der Waals surface area contributed by atoms with Gasteiger partial charge in [-0.15, -0.1) is 0 Å². The van der Waals surface area contributed by atoms with Crippen LogP contribution in [0.15, 0.2) is 48.3 Å². The summed E-state index contributed by atoms with van der Waals surface area (Å²) in [6, 6.07) is 5.96. The fourth-order valence-corrected chi connectivity index (χ4v) is 3.73. The summed E-state index contributed by atoms with van der Waals surface area (Å²) < 4.78 is 56.7. The highest BCUT2D eigenvalue weighted by molar-refractivity contribution is 6.21. The number of carbonyl (C=O) groups is 3. The van der Waals surface area contributed by atoms with Gasteiger partial charge in [0.15, 0.2) is 0 Å². The predicted octanol–water partition coefficient (Wildman–Crippen LogP) is 2.93. The van der Waals surface area contributed by atoms with E-state index in [-0.39, 0.29) is 24.0 Å². The molecule has 10 heteroatoms. The van der Waals surface area contributed by atoms with Gasteiger partial charge in [0.05, 0.1) is 17.2 Å². The molecule has 0 bridgehead atoms. The molecule has 29 heavy (non-hydrogen) atoms. The molecule has 1 saturated heterocycles. The Morgan fingerprint density at radius 1 is 1.10 bits per heavy atom. The molecule has 1 aromatic rings. The molecule has 0 aromatic heterocycles. The monoisotopic (exact) mass is 410 g/mol. The summed E-state index contributed by atoms with van der Waals surface area (Å²) in [5.41, 5.74) is -1.59. The lowest BCUT2D eigenvalue weighted by Gasteiger charge is -2.40. The van der Waals surface area contributed by atoms with Gasteiger partial charge in [0.1, 0.15) is 18.0 Å². The van der Waals surface area contributed by atoms with Crippen molar-refractivity contribution in [3.05, 3.63) is 59.4 Å². The largest absolute Gasteiger partial charge is 0.411 e. The van der Waals surface area contributed by atoms with E-state index in [1.807, 2.05) is 0 Å². The Morgan fingerprint density at radius 2 is 1.72 bits per heavy atom. The van der Waals surface area contributed by atoms with Crippen LogP contribution in [0.1, 0.15) is 33.6 Å². The Balaban J connectivity index is 1.66. The molecular formula is C19H14F4N2O4. The van der Waals surface area contributed by atoms with Crippen molar-refractivity contribution in [3.63, 3.8) is 0 Å². The van der Waals surface area contributed by atoms with Crippen molar-refractivity contribution in [3.8, 4) is 0 Å². The van der Waals surface area contributed by atoms with Gasteiger partial charge in [-0.1, -0.05) is 24.3 Å². The van der Waals surface area contributed by atoms with Crippen LogP contribution in [0.3, 0.4) is 0 Å². The Kier molecular flexibility index (Phi) is 4.34. The van der Waals surface area contributed by atoms with Crippen LogP contribution in [0, 0.1) is 0 Å². The average Bonchev–Trinajstić information content (AvgIpc) is 3.11. The van der Waals surface area contributed by atoms with Crippen LogP contribution < -0.4 is 0 Å². The van der Waals surface area contributed by atoms with E-state index in [9.17, 15) is 27.6 Å². The van der Waals surface area contributed by atoms with Crippen molar-refractivity contribution in [2.45, 2.75) is 30.7 Å². The smallest absolute Gasteiger partial charge is 0.361 e. The van der Waals surface area contributed by atoms with Gasteiger partial charge in [-0.2, -0.15) is 18.2 Å². The quantitative estimate of drug-likeness (QED) is 0.437. The number of ether oxygens (including phenoxy) is 1. The van der Waals surface area contributed by atoms with E-state index in [2.05, 4.69) is 4.74 Å². The highest BCUT2D eigenvalue weighted by atomic mass is 19.4. The zero-order valence-corrected chi connectivity index (χ0v) is 14.8. The molecule has 0 N–H and O–H groups in total. The van der Waals surface area contributed by atoms with Crippen molar-refractivity contribution in [1.29, 1.82) is 0 Å². The maximum Gasteiger partial charge on any atom is 0.411 e. The summed E-state index contributed by atoms with van der Waals surface area (Å²) in [5, 5.41) is 1.37. The van der Waals surface area contributed by atoms with Crippen LogP contribution in [-0.2, 0) is 9.53 Å². The van der Waals surface area contributed by atoms with Gasteiger partial charge >= 0.3 is 6.18 Å². The van der Waals surface area contributed by atoms with Crippen LogP contribution in [0.25, 0.3) is 0 Å². The fraction of sp³-hybridized carbons (Fsp3) is 0.316. The predicted molar refractivity (Wildman–Crippen MR) is 89.9 cm³/mol. The lowest BCUT2D eigenvalue weighted by molar-refractivity contribution is -0.177. The van der Waals surface area contributed by atoms with E-state index in [0.717, 1.165) is 11.1 Å². The SMILES string of the molecule is O=C1c2ccccc2C(=O)N1N1C(=O)CCC12C=CC(OCC(F)(F)F)C=C2F. The molecule has 0 radical (unpaired) electrons. The summed E-state index contributed by atoms with van der Waals surface area (Å²) in [7, 11) is 0. The summed E-state index contributed by atoms with van der Waals surface area (Å²) >= 11 is 0. The molecule has 2 heterocycles. The fourth-order valence-electron chi connectivity index (χ4n) is 3.73. The minimum Gasteiger partial charge on any atom is -0.361 e. The molecule has 2 aliphatic heterocycles. The molecule has 152 valence electrons. The Labute approximate surface area is 162 Å². The summed E-state index contributed by atoms with van der Waals surface area (Å²) in [5.74, 6) is -3.15. The minimum atomic E-state index is -4.58. The maximum absolute atomic E-state index is 15.1. The number of imide groups is 1. The van der Waals surface area contributed by atoms with Gasteiger partial charge in [-0.25, -0.2) is 9.40 Å². The number of benzene rings is 1. The summed E-state index contributed by atoms with van der Waals surface area (Å²) in [6.45, 7) is -1.57. The molecule has 4 rings (SSSR count). The Morgan fingerprint density at radius 3 is 2.28 bits per heavy atom. The van der Waals surface area contributed by atoms with Gasteiger partial charge in [-0.3, -0.25) is 14.4 Å². The summed E-state index contributed by atoms with van der Waals surface area (Å²) in [4.78, 5) is 38.0. The molecule has 1 aromatic carbocycles. The van der Waals surface area contributed by atoms with E-state index in [1.165, 1.54) is 24.3 Å². The maximum atomic E-state index is 15.1. The van der Waals surface area contributed by atoms with E-state index in [0.29, 0.717) is 5.01 Å². The lowest BCUT2D eigenvalue weighted by Crippen LogP contribution is -2.57. The number of amides is 3. The highest BCUT2D eigenvalue weighted by Crippen LogP contribution is 2.44. The van der Waals surface area contributed by atoms with Crippen LogP contribution in [-0.4, -0.2) is 52.2 Å². The first-order chi connectivity index (χ1) is 13.6. The number of rotatable bonds is 3. The second-order valence-electron chi connectivity index (χ2n) is 6.86. The molecule has 6 nitrogen and oxygen atoms in total. The van der Waals surface area contributed by atoms with Crippen LogP contribution in [0.4, 0.5) is 17.6 Å². The Hall–Kier alpha value is -3.01. The van der Waals surface area contributed by atoms with Gasteiger partial charge in [0.2, 0.25) is 5.91 Å². The first-order valence-corrected chi connectivity index (χ1v) is 8.70. The molecule has 1 fully saturated rings. The number of halogens is 4. The third kappa shape index (κ3) is 3.03. The molecule has 2 unspecified atom stereocenters. The third-order valence-corrected chi connectivity index (χ3v) is 5.03. The molecule has 3 amide bonds. The van der Waals surface area contributed by atoms with Crippen LogP contribution in [0.2, 0.25) is 0 Å². The number of hydrogen-bond acceptors (Lipinski definition) is 4. The highest BCUT2D eigenvalue weighted by Gasteiger charge is 2.56. The molecular weight excluding hydrogens is 396 g/mol. The van der Waals surface area contributed by atoms with Crippen molar-refractivity contribution in [2.24, 2.45) is 0 Å². The van der Waals surface area contributed by atoms with Crippen LogP contribution >= 0.6 is 0 Å². The standard InChI is InChI=1S/C19H14F4N2O4/c20-14-9-11(29-10-19(21,22)23)5-7-18(14)8-6-15(26)25(18)24-16(27)12-3-1-2-4-13(12)17(24)28/h1-5,7,9,11H,6,8,10H2. The number of hydrogen-bond donors (Lipinski definition) is 0. The second kappa shape index (κ2) is 6.51. The Bertz CT molecular complexity index is 936. The zero-order valence-electron chi connectivity index (χ0n) is 14.8. The second-order valence-corrected chi connectivity index (χ2v) is 6.86. The van der Waals surface area contributed by atoms with E-state index < -0.39 is 48.0 Å².